The third kappa shape index (κ3) is 1.47. The third-order valence-corrected chi connectivity index (χ3v) is 4.92. The van der Waals surface area contributed by atoms with Gasteiger partial charge in [0.2, 0.25) is 5.91 Å². The zero-order chi connectivity index (χ0) is 13.8. The molecule has 0 aromatic rings. The number of nitrogens with two attached hydrogens (primary N) is 2. The second-order valence-electron chi connectivity index (χ2n) is 5.97. The number of nitrogens with zero attached hydrogens (tertiary/aromatic N) is 3. The van der Waals surface area contributed by atoms with Crippen LogP contribution in [-0.4, -0.2) is 59.3 Å². The second kappa shape index (κ2) is 3.61. The van der Waals surface area contributed by atoms with Crippen molar-refractivity contribution in [2.45, 2.75) is 31.3 Å². The average Bonchev–Trinajstić information content (AvgIpc) is 2.98. The summed E-state index contributed by atoms with van der Waals surface area (Å²) in [5, 5.41) is 0. The Morgan fingerprint density at radius 2 is 2.00 bits per heavy atom. The second-order valence-corrected chi connectivity index (χ2v) is 5.97. The van der Waals surface area contributed by atoms with E-state index in [1.807, 2.05) is 11.8 Å². The highest BCUT2D eigenvalue weighted by Crippen LogP contribution is 2.58. The van der Waals surface area contributed by atoms with Gasteiger partial charge in [-0.05, 0) is 12.8 Å². The summed E-state index contributed by atoms with van der Waals surface area (Å²) >= 11 is 0. The molecule has 7 nitrogen and oxygen atoms in total. The molecule has 0 bridgehead atoms. The Hall–Kier alpha value is -1.79. The number of fused-ring (bicyclic) bond motifs is 1. The molecule has 0 aromatic carbocycles. The summed E-state index contributed by atoms with van der Waals surface area (Å²) in [6.07, 6.45) is 3.60. The van der Waals surface area contributed by atoms with Crippen LogP contribution in [0.25, 0.3) is 0 Å². The van der Waals surface area contributed by atoms with E-state index in [-0.39, 0.29) is 11.5 Å². The van der Waals surface area contributed by atoms with Crippen molar-refractivity contribution < 1.29 is 9.59 Å². The maximum absolute atomic E-state index is 12.1. The molecule has 3 rings (SSSR count). The summed E-state index contributed by atoms with van der Waals surface area (Å²) in [6.45, 7) is 3.65. The number of primary amides is 2. The molecule has 2 atom stereocenters. The summed E-state index contributed by atoms with van der Waals surface area (Å²) in [6, 6.07) is -0.635. The number of rotatable bonds is 2. The predicted octanol–water partition coefficient (Wildman–Crippen LogP) is -0.883. The lowest BCUT2D eigenvalue weighted by Gasteiger charge is -2.44. The van der Waals surface area contributed by atoms with Crippen LogP contribution < -0.4 is 11.5 Å². The Balaban J connectivity index is 1.96. The lowest BCUT2D eigenvalue weighted by molar-refractivity contribution is -0.127. The summed E-state index contributed by atoms with van der Waals surface area (Å²) in [4.78, 5) is 31.5. The van der Waals surface area contributed by atoms with E-state index in [0.29, 0.717) is 19.6 Å². The summed E-state index contributed by atoms with van der Waals surface area (Å²) in [5.41, 5.74) is 9.92. The van der Waals surface area contributed by atoms with Gasteiger partial charge in [-0.25, -0.2) is 4.79 Å². The minimum absolute atomic E-state index is 0.182. The topological polar surface area (TPSA) is 105 Å². The largest absolute Gasteiger partial charge is 0.367 e. The molecule has 2 fully saturated rings. The van der Waals surface area contributed by atoms with Crippen molar-refractivity contribution in [3.05, 3.63) is 0 Å². The molecule has 0 radical (unpaired) electrons. The number of urea groups is 1. The Morgan fingerprint density at radius 3 is 2.53 bits per heavy atom. The maximum Gasteiger partial charge on any atom is 0.314 e. The highest BCUT2D eigenvalue weighted by molar-refractivity contribution is 5.91. The third-order valence-electron chi connectivity index (χ3n) is 4.92. The smallest absolute Gasteiger partial charge is 0.314 e. The van der Waals surface area contributed by atoms with Crippen molar-refractivity contribution >= 4 is 18.3 Å². The van der Waals surface area contributed by atoms with Crippen LogP contribution in [-0.2, 0) is 4.79 Å². The van der Waals surface area contributed by atoms with Crippen LogP contribution in [0.4, 0.5) is 4.79 Å². The first-order valence-corrected chi connectivity index (χ1v) is 6.56. The fourth-order valence-electron chi connectivity index (χ4n) is 3.41. The van der Waals surface area contributed by atoms with E-state index in [1.54, 1.807) is 11.2 Å². The van der Waals surface area contributed by atoms with Crippen molar-refractivity contribution in [1.29, 1.82) is 0 Å². The molecule has 0 aromatic heterocycles. The molecule has 3 amide bonds. The van der Waals surface area contributed by atoms with E-state index in [2.05, 4.69) is 4.99 Å². The van der Waals surface area contributed by atoms with E-state index >= 15 is 0 Å². The minimum Gasteiger partial charge on any atom is -0.367 e. The number of carbonyl (C=O) groups is 2. The molecule has 0 spiro atoms. The number of amides is 3. The van der Waals surface area contributed by atoms with Crippen LogP contribution in [0.2, 0.25) is 0 Å². The van der Waals surface area contributed by atoms with Crippen LogP contribution in [0.5, 0.6) is 0 Å². The van der Waals surface area contributed by atoms with E-state index in [1.165, 1.54) is 0 Å². The van der Waals surface area contributed by atoms with Crippen LogP contribution in [0, 0.1) is 5.41 Å². The average molecular weight is 265 g/mol. The monoisotopic (exact) mass is 265 g/mol. The van der Waals surface area contributed by atoms with Crippen molar-refractivity contribution in [3.63, 3.8) is 0 Å². The summed E-state index contributed by atoms with van der Waals surface area (Å²) in [5.74, 6) is -0.400. The van der Waals surface area contributed by atoms with Gasteiger partial charge in [-0.1, -0.05) is 6.92 Å². The molecule has 7 heteroatoms. The lowest BCUT2D eigenvalue weighted by Crippen LogP contribution is -2.66. The number of carbonyl (C=O) groups excluding carboxylic acids is 2. The molecule has 1 saturated heterocycles. The normalized spacial score (nSPS) is 35.1. The van der Waals surface area contributed by atoms with Gasteiger partial charge in [0, 0.05) is 25.0 Å². The number of aliphatic imine (C=N–C) groups is 1. The van der Waals surface area contributed by atoms with Gasteiger partial charge in [0.05, 0.1) is 12.4 Å². The van der Waals surface area contributed by atoms with E-state index in [0.717, 1.165) is 12.8 Å². The Morgan fingerprint density at radius 1 is 1.32 bits per heavy atom. The van der Waals surface area contributed by atoms with Gasteiger partial charge in [-0.2, -0.15) is 0 Å². The molecular formula is C12H19N5O2. The molecule has 2 unspecified atom stereocenters. The summed E-state index contributed by atoms with van der Waals surface area (Å²) in [7, 11) is 0. The minimum atomic E-state index is -0.916. The number of hydrogen-bond donors (Lipinski definition) is 2. The fraction of sp³-hybridized carbons (Fsp3) is 0.750. The maximum atomic E-state index is 12.1. The number of piperazine rings is 1. The highest BCUT2D eigenvalue weighted by atomic mass is 16.2. The molecule has 2 heterocycles. The highest BCUT2D eigenvalue weighted by Gasteiger charge is 2.67. The zero-order valence-corrected chi connectivity index (χ0v) is 11.0. The van der Waals surface area contributed by atoms with Crippen molar-refractivity contribution in [2.75, 3.05) is 19.6 Å². The van der Waals surface area contributed by atoms with Crippen LogP contribution >= 0.6 is 0 Å². The molecule has 1 aliphatic carbocycles. The predicted molar refractivity (Wildman–Crippen MR) is 69.4 cm³/mol. The van der Waals surface area contributed by atoms with Crippen molar-refractivity contribution in [3.8, 4) is 0 Å². The van der Waals surface area contributed by atoms with Gasteiger partial charge in [0.25, 0.3) is 0 Å². The van der Waals surface area contributed by atoms with Gasteiger partial charge in [-0.3, -0.25) is 9.79 Å². The first-order valence-electron chi connectivity index (χ1n) is 6.56. The van der Waals surface area contributed by atoms with Gasteiger partial charge in [-0.15, -0.1) is 0 Å². The van der Waals surface area contributed by atoms with Crippen molar-refractivity contribution in [2.24, 2.45) is 21.9 Å². The molecular weight excluding hydrogens is 246 g/mol. The van der Waals surface area contributed by atoms with Gasteiger partial charge < -0.3 is 21.3 Å². The molecule has 3 aliphatic rings. The first-order chi connectivity index (χ1) is 8.91. The molecule has 1 saturated carbocycles. The molecule has 104 valence electrons. The standard InChI is InChI=1S/C12H19N5O2/c1-11(2-3-11)12(9(13)18)8-6-16(10(14)19)4-5-17(8)7-15-12/h7-8H,2-6H2,1H3,(H2,13,18)(H2,14,19). The zero-order valence-electron chi connectivity index (χ0n) is 11.0. The van der Waals surface area contributed by atoms with E-state index in [4.69, 9.17) is 11.5 Å². The van der Waals surface area contributed by atoms with E-state index < -0.39 is 17.5 Å². The number of hydrogen-bond acceptors (Lipinski definition) is 4. The Bertz CT molecular complexity index is 473. The fourth-order valence-corrected chi connectivity index (χ4v) is 3.41. The van der Waals surface area contributed by atoms with Crippen LogP contribution in [0.3, 0.4) is 0 Å². The summed E-state index contributed by atoms with van der Waals surface area (Å²) < 4.78 is 0. The van der Waals surface area contributed by atoms with Crippen molar-refractivity contribution in [1.82, 2.24) is 9.80 Å². The molecule has 4 N–H and O–H groups in total. The first kappa shape index (κ1) is 12.3. The van der Waals surface area contributed by atoms with Gasteiger partial charge in [0.1, 0.15) is 0 Å². The molecule has 2 aliphatic heterocycles. The lowest BCUT2D eigenvalue weighted by atomic mass is 9.75. The van der Waals surface area contributed by atoms with Gasteiger partial charge >= 0.3 is 6.03 Å². The van der Waals surface area contributed by atoms with Crippen LogP contribution in [0.1, 0.15) is 19.8 Å². The Kier molecular flexibility index (Phi) is 2.33. The SMILES string of the molecule is CC1(C2(C(N)=O)N=CN3CCN(C(N)=O)CC32)CC1. The van der Waals surface area contributed by atoms with Gasteiger partial charge in [0.15, 0.2) is 5.54 Å². The molecule has 19 heavy (non-hydrogen) atoms. The van der Waals surface area contributed by atoms with Crippen LogP contribution in [0.15, 0.2) is 4.99 Å². The Labute approximate surface area is 111 Å². The van der Waals surface area contributed by atoms with E-state index in [9.17, 15) is 9.59 Å². The quantitative estimate of drug-likeness (QED) is 0.677.